The Bertz CT molecular complexity index is 392. The number of ether oxygens (including phenoxy) is 4. The zero-order valence-electron chi connectivity index (χ0n) is 11.5. The normalized spacial score (nSPS) is 55.4. The van der Waals surface area contributed by atoms with Gasteiger partial charge in [0, 0.05) is 0 Å². The minimum atomic E-state index is -1.60. The first kappa shape index (κ1) is 16.5. The summed E-state index contributed by atoms with van der Waals surface area (Å²) in [6.07, 6.45) is -12.5. The van der Waals surface area contributed by atoms with Crippen molar-refractivity contribution in [3.8, 4) is 0 Å². The SMILES string of the molecule is OC[C@@H]1O[C@@H](O[C@H]2[C@H](O)[C@H](O)[C@@H]3OC[C@H]2O3)[C@H](O)[C@@H](O)[C@@H]1O. The Kier molecular flexibility index (Phi) is 4.67. The van der Waals surface area contributed by atoms with Crippen LogP contribution in [0.3, 0.4) is 0 Å². The van der Waals surface area contributed by atoms with Crippen molar-refractivity contribution in [3.63, 3.8) is 0 Å². The highest BCUT2D eigenvalue weighted by molar-refractivity contribution is 4.96. The van der Waals surface area contributed by atoms with Crippen LogP contribution in [0.5, 0.6) is 0 Å². The standard InChI is InChI=1S/C12H20O10/c13-1-3-5(14)6(15)8(17)12(20-3)22-10-4-2-19-11(21-4)9(18)7(10)16/h3-18H,1-2H2/t3-,4+,5+,6-,7+,8+,9-,10+,11+,12-/m0/s1. The fourth-order valence-corrected chi connectivity index (χ4v) is 2.87. The molecule has 10 nitrogen and oxygen atoms in total. The second-order valence-electron chi connectivity index (χ2n) is 5.66. The van der Waals surface area contributed by atoms with Gasteiger partial charge in [-0.3, -0.25) is 0 Å². The molecule has 10 atom stereocenters. The van der Waals surface area contributed by atoms with Crippen molar-refractivity contribution in [3.05, 3.63) is 0 Å². The van der Waals surface area contributed by atoms with Gasteiger partial charge in [-0.25, -0.2) is 0 Å². The van der Waals surface area contributed by atoms with Crippen LogP contribution in [0.15, 0.2) is 0 Å². The average Bonchev–Trinajstić information content (AvgIpc) is 2.96. The molecule has 3 saturated heterocycles. The number of hydrogen-bond donors (Lipinski definition) is 6. The van der Waals surface area contributed by atoms with Gasteiger partial charge >= 0.3 is 0 Å². The van der Waals surface area contributed by atoms with E-state index in [0.717, 1.165) is 0 Å². The summed E-state index contributed by atoms with van der Waals surface area (Å²) in [5, 5.41) is 58.3. The van der Waals surface area contributed by atoms with Crippen molar-refractivity contribution in [1.82, 2.24) is 0 Å². The van der Waals surface area contributed by atoms with Crippen LogP contribution in [0, 0.1) is 0 Å². The summed E-state index contributed by atoms with van der Waals surface area (Å²) in [5.41, 5.74) is 0. The van der Waals surface area contributed by atoms with Gasteiger partial charge in [-0.15, -0.1) is 0 Å². The molecule has 3 fully saturated rings. The van der Waals surface area contributed by atoms with Gasteiger partial charge in [0.15, 0.2) is 12.6 Å². The van der Waals surface area contributed by atoms with E-state index in [-0.39, 0.29) is 6.61 Å². The van der Waals surface area contributed by atoms with E-state index < -0.39 is 68.0 Å². The summed E-state index contributed by atoms with van der Waals surface area (Å²) in [7, 11) is 0. The predicted octanol–water partition coefficient (Wildman–Crippen LogP) is -4.35. The molecule has 128 valence electrons. The Labute approximate surface area is 125 Å². The Hall–Kier alpha value is -0.400. The number of aliphatic hydroxyl groups is 6. The highest BCUT2D eigenvalue weighted by atomic mass is 16.8. The molecule has 0 amide bonds. The Morgan fingerprint density at radius 1 is 0.864 bits per heavy atom. The van der Waals surface area contributed by atoms with E-state index >= 15 is 0 Å². The number of aliphatic hydroxyl groups excluding tert-OH is 6. The Balaban J connectivity index is 1.71. The molecule has 0 unspecified atom stereocenters. The lowest BCUT2D eigenvalue weighted by Crippen LogP contribution is -2.62. The summed E-state index contributed by atoms with van der Waals surface area (Å²) < 4.78 is 21.1. The molecule has 6 N–H and O–H groups in total. The van der Waals surface area contributed by atoms with Crippen LogP contribution in [0.4, 0.5) is 0 Å². The molecule has 0 aromatic heterocycles. The molecular weight excluding hydrogens is 304 g/mol. The maximum Gasteiger partial charge on any atom is 0.187 e. The maximum atomic E-state index is 10.0. The van der Waals surface area contributed by atoms with E-state index in [4.69, 9.17) is 24.1 Å². The van der Waals surface area contributed by atoms with Gasteiger partial charge in [-0.05, 0) is 0 Å². The monoisotopic (exact) mass is 324 g/mol. The molecule has 0 aromatic carbocycles. The zero-order chi connectivity index (χ0) is 16.0. The molecule has 0 spiro atoms. The molecule has 3 aliphatic rings. The molecule has 0 saturated carbocycles. The van der Waals surface area contributed by atoms with Crippen molar-refractivity contribution in [1.29, 1.82) is 0 Å². The highest BCUT2D eigenvalue weighted by Gasteiger charge is 2.53. The minimum absolute atomic E-state index is 0.0842. The molecule has 0 radical (unpaired) electrons. The fraction of sp³-hybridized carbons (Fsp3) is 1.00. The molecule has 0 aromatic rings. The zero-order valence-corrected chi connectivity index (χ0v) is 11.5. The van der Waals surface area contributed by atoms with Crippen LogP contribution < -0.4 is 0 Å². The second kappa shape index (κ2) is 6.24. The molecule has 3 aliphatic heterocycles. The summed E-state index contributed by atoms with van der Waals surface area (Å²) in [6.45, 7) is -0.507. The van der Waals surface area contributed by atoms with Gasteiger partial charge < -0.3 is 49.6 Å². The first-order valence-corrected chi connectivity index (χ1v) is 7.03. The first-order chi connectivity index (χ1) is 10.4. The number of rotatable bonds is 3. The average molecular weight is 324 g/mol. The van der Waals surface area contributed by atoms with Crippen LogP contribution in [-0.4, -0.2) is 105 Å². The molecular formula is C12H20O10. The lowest BCUT2D eigenvalue weighted by molar-refractivity contribution is -0.337. The summed E-state index contributed by atoms with van der Waals surface area (Å²) >= 11 is 0. The van der Waals surface area contributed by atoms with Crippen LogP contribution in [0.2, 0.25) is 0 Å². The molecule has 3 heterocycles. The van der Waals surface area contributed by atoms with Gasteiger partial charge in [-0.1, -0.05) is 0 Å². The van der Waals surface area contributed by atoms with Gasteiger partial charge in [0.1, 0.15) is 48.8 Å². The maximum absolute atomic E-state index is 10.0. The van der Waals surface area contributed by atoms with Crippen LogP contribution in [0.25, 0.3) is 0 Å². The highest BCUT2D eigenvalue weighted by Crippen LogP contribution is 2.32. The summed E-state index contributed by atoms with van der Waals surface area (Å²) in [6, 6.07) is 0. The summed E-state index contributed by atoms with van der Waals surface area (Å²) in [4.78, 5) is 0. The van der Waals surface area contributed by atoms with Crippen molar-refractivity contribution in [2.45, 2.75) is 61.4 Å². The van der Waals surface area contributed by atoms with Crippen molar-refractivity contribution in [2.24, 2.45) is 0 Å². The molecule has 10 heteroatoms. The predicted molar refractivity (Wildman–Crippen MR) is 65.3 cm³/mol. The third-order valence-electron chi connectivity index (χ3n) is 4.21. The lowest BCUT2D eigenvalue weighted by Gasteiger charge is -2.43. The molecule has 0 aliphatic carbocycles. The van der Waals surface area contributed by atoms with Crippen molar-refractivity contribution >= 4 is 0 Å². The van der Waals surface area contributed by atoms with Gasteiger partial charge in [-0.2, -0.15) is 0 Å². The van der Waals surface area contributed by atoms with Crippen LogP contribution in [-0.2, 0) is 18.9 Å². The second-order valence-corrected chi connectivity index (χ2v) is 5.66. The lowest BCUT2D eigenvalue weighted by atomic mass is 9.98. The van der Waals surface area contributed by atoms with Crippen LogP contribution in [0.1, 0.15) is 0 Å². The van der Waals surface area contributed by atoms with Gasteiger partial charge in [0.2, 0.25) is 0 Å². The first-order valence-electron chi connectivity index (χ1n) is 7.03. The molecule has 22 heavy (non-hydrogen) atoms. The Morgan fingerprint density at radius 3 is 2.27 bits per heavy atom. The fourth-order valence-electron chi connectivity index (χ4n) is 2.87. The van der Waals surface area contributed by atoms with E-state index in [1.54, 1.807) is 0 Å². The van der Waals surface area contributed by atoms with E-state index in [2.05, 4.69) is 0 Å². The van der Waals surface area contributed by atoms with Gasteiger partial charge in [0.25, 0.3) is 0 Å². The van der Waals surface area contributed by atoms with E-state index in [9.17, 15) is 25.5 Å². The molecule has 3 rings (SSSR count). The Morgan fingerprint density at radius 2 is 1.59 bits per heavy atom. The summed E-state index contributed by atoms with van der Waals surface area (Å²) in [5.74, 6) is 0. The number of fused-ring (bicyclic) bond motifs is 2. The smallest absolute Gasteiger partial charge is 0.187 e. The van der Waals surface area contributed by atoms with Crippen molar-refractivity contribution < 1.29 is 49.6 Å². The van der Waals surface area contributed by atoms with Gasteiger partial charge in [0.05, 0.1) is 13.2 Å². The van der Waals surface area contributed by atoms with E-state index in [0.29, 0.717) is 0 Å². The largest absolute Gasteiger partial charge is 0.394 e. The molecule has 2 bridgehead atoms. The minimum Gasteiger partial charge on any atom is -0.394 e. The van der Waals surface area contributed by atoms with E-state index in [1.165, 1.54) is 0 Å². The number of hydrogen-bond acceptors (Lipinski definition) is 10. The van der Waals surface area contributed by atoms with E-state index in [1.807, 2.05) is 0 Å². The van der Waals surface area contributed by atoms with Crippen molar-refractivity contribution in [2.75, 3.05) is 13.2 Å². The third kappa shape index (κ3) is 2.65. The quantitative estimate of drug-likeness (QED) is 0.299. The van der Waals surface area contributed by atoms with Crippen LogP contribution >= 0.6 is 0 Å². The topological polar surface area (TPSA) is 158 Å². The third-order valence-corrected chi connectivity index (χ3v) is 4.21.